The largest absolute Gasteiger partial charge is 0.376 e. The first-order chi connectivity index (χ1) is 11.3. The summed E-state index contributed by atoms with van der Waals surface area (Å²) in [7, 11) is 1.77. The SMILES string of the molecule is CN=C(NCc1ncc(-c2ccccc2)[nH]1)NCC1CCCO1.I. The van der Waals surface area contributed by atoms with E-state index in [0.717, 1.165) is 49.0 Å². The molecule has 0 saturated carbocycles. The lowest BCUT2D eigenvalue weighted by atomic mass is 10.2. The van der Waals surface area contributed by atoms with Gasteiger partial charge in [-0.1, -0.05) is 30.3 Å². The molecule has 2 heterocycles. The second kappa shape index (κ2) is 9.63. The van der Waals surface area contributed by atoms with Gasteiger partial charge < -0.3 is 20.4 Å². The smallest absolute Gasteiger partial charge is 0.191 e. The Bertz CT molecular complexity index is 637. The molecule has 3 rings (SSSR count). The lowest BCUT2D eigenvalue weighted by molar-refractivity contribution is 0.114. The van der Waals surface area contributed by atoms with Crippen molar-refractivity contribution in [3.8, 4) is 11.3 Å². The van der Waals surface area contributed by atoms with Gasteiger partial charge in [0.25, 0.3) is 0 Å². The molecule has 2 aromatic rings. The number of aromatic nitrogens is 2. The van der Waals surface area contributed by atoms with Crippen LogP contribution in [0.15, 0.2) is 41.5 Å². The van der Waals surface area contributed by atoms with Crippen LogP contribution >= 0.6 is 24.0 Å². The molecule has 1 aliphatic heterocycles. The minimum atomic E-state index is 0. The number of hydrogen-bond donors (Lipinski definition) is 3. The Morgan fingerprint density at radius 1 is 1.33 bits per heavy atom. The van der Waals surface area contributed by atoms with Crippen molar-refractivity contribution in [2.45, 2.75) is 25.5 Å². The number of benzene rings is 1. The molecule has 1 unspecified atom stereocenters. The summed E-state index contributed by atoms with van der Waals surface area (Å²) in [6.07, 6.45) is 4.41. The first kappa shape index (κ1) is 18.7. The molecule has 0 bridgehead atoms. The summed E-state index contributed by atoms with van der Waals surface area (Å²) < 4.78 is 5.60. The highest BCUT2D eigenvalue weighted by atomic mass is 127. The first-order valence-electron chi connectivity index (χ1n) is 8.00. The maximum Gasteiger partial charge on any atom is 0.191 e. The third-order valence-corrected chi connectivity index (χ3v) is 3.88. The number of hydrogen-bond acceptors (Lipinski definition) is 3. The van der Waals surface area contributed by atoms with Crippen molar-refractivity contribution in [2.75, 3.05) is 20.2 Å². The van der Waals surface area contributed by atoms with Crippen LogP contribution in [0.3, 0.4) is 0 Å². The van der Waals surface area contributed by atoms with E-state index in [4.69, 9.17) is 4.74 Å². The number of ether oxygens (including phenoxy) is 1. The van der Waals surface area contributed by atoms with Crippen LogP contribution in [-0.4, -0.2) is 42.2 Å². The molecule has 1 atom stereocenters. The number of aromatic amines is 1. The van der Waals surface area contributed by atoms with E-state index in [1.807, 2.05) is 24.4 Å². The van der Waals surface area contributed by atoms with E-state index >= 15 is 0 Å². The minimum Gasteiger partial charge on any atom is -0.376 e. The minimum absolute atomic E-state index is 0. The second-order valence-corrected chi connectivity index (χ2v) is 5.55. The van der Waals surface area contributed by atoms with Gasteiger partial charge in [-0.25, -0.2) is 4.98 Å². The van der Waals surface area contributed by atoms with Gasteiger partial charge in [0.15, 0.2) is 5.96 Å². The number of H-pyrrole nitrogens is 1. The third-order valence-electron chi connectivity index (χ3n) is 3.88. The van der Waals surface area contributed by atoms with Gasteiger partial charge in [0.05, 0.1) is 24.5 Å². The third kappa shape index (κ3) is 5.20. The van der Waals surface area contributed by atoms with Crippen LogP contribution < -0.4 is 10.6 Å². The fourth-order valence-electron chi connectivity index (χ4n) is 2.62. The Morgan fingerprint density at radius 3 is 2.88 bits per heavy atom. The van der Waals surface area contributed by atoms with Gasteiger partial charge in [0, 0.05) is 20.2 Å². The first-order valence-corrected chi connectivity index (χ1v) is 8.00. The van der Waals surface area contributed by atoms with Gasteiger partial charge in [-0.15, -0.1) is 24.0 Å². The number of aliphatic imine (C=N–C) groups is 1. The summed E-state index contributed by atoms with van der Waals surface area (Å²) in [4.78, 5) is 12.0. The van der Waals surface area contributed by atoms with Gasteiger partial charge in [-0.2, -0.15) is 0 Å². The van der Waals surface area contributed by atoms with Crippen molar-refractivity contribution >= 4 is 29.9 Å². The molecule has 24 heavy (non-hydrogen) atoms. The Morgan fingerprint density at radius 2 is 2.17 bits per heavy atom. The number of rotatable bonds is 5. The molecule has 6 nitrogen and oxygen atoms in total. The van der Waals surface area contributed by atoms with Crippen LogP contribution in [0.4, 0.5) is 0 Å². The normalized spacial score (nSPS) is 17.4. The Kier molecular flexibility index (Phi) is 7.51. The average molecular weight is 441 g/mol. The summed E-state index contributed by atoms with van der Waals surface area (Å²) >= 11 is 0. The van der Waals surface area contributed by atoms with E-state index in [9.17, 15) is 0 Å². The van der Waals surface area contributed by atoms with E-state index in [-0.39, 0.29) is 24.0 Å². The lowest BCUT2D eigenvalue weighted by Gasteiger charge is -2.14. The zero-order valence-electron chi connectivity index (χ0n) is 13.8. The maximum absolute atomic E-state index is 5.60. The molecule has 1 fully saturated rings. The van der Waals surface area contributed by atoms with Crippen LogP contribution in [0.2, 0.25) is 0 Å². The van der Waals surface area contributed by atoms with Crippen molar-refractivity contribution in [1.29, 1.82) is 0 Å². The highest BCUT2D eigenvalue weighted by Gasteiger charge is 2.15. The predicted molar refractivity (Wildman–Crippen MR) is 107 cm³/mol. The quantitative estimate of drug-likeness (QED) is 0.379. The molecule has 1 aromatic heterocycles. The van der Waals surface area contributed by atoms with E-state index in [2.05, 4.69) is 37.7 Å². The van der Waals surface area contributed by atoms with E-state index in [0.29, 0.717) is 12.6 Å². The topological polar surface area (TPSA) is 74.3 Å². The molecular weight excluding hydrogens is 417 g/mol. The monoisotopic (exact) mass is 441 g/mol. The zero-order chi connectivity index (χ0) is 15.9. The molecular formula is C17H24IN5O. The molecule has 1 aliphatic rings. The van der Waals surface area contributed by atoms with Crippen molar-refractivity contribution in [2.24, 2.45) is 4.99 Å². The highest BCUT2D eigenvalue weighted by molar-refractivity contribution is 14.0. The number of nitrogens with one attached hydrogen (secondary N) is 3. The second-order valence-electron chi connectivity index (χ2n) is 5.55. The summed E-state index contributed by atoms with van der Waals surface area (Å²) in [6.45, 7) is 2.25. The van der Waals surface area contributed by atoms with Crippen LogP contribution in [-0.2, 0) is 11.3 Å². The van der Waals surface area contributed by atoms with E-state index in [1.165, 1.54) is 0 Å². The fourth-order valence-corrected chi connectivity index (χ4v) is 2.62. The number of guanidine groups is 1. The Hall–Kier alpha value is -1.61. The van der Waals surface area contributed by atoms with Crippen LogP contribution in [0, 0.1) is 0 Å². The van der Waals surface area contributed by atoms with E-state index in [1.54, 1.807) is 7.05 Å². The maximum atomic E-state index is 5.60. The molecule has 7 heteroatoms. The average Bonchev–Trinajstić information content (AvgIpc) is 3.27. The van der Waals surface area contributed by atoms with Gasteiger partial charge >= 0.3 is 0 Å². The number of imidazole rings is 1. The highest BCUT2D eigenvalue weighted by Crippen LogP contribution is 2.15. The number of halogens is 1. The van der Waals surface area contributed by atoms with Gasteiger partial charge in [0.2, 0.25) is 0 Å². The zero-order valence-corrected chi connectivity index (χ0v) is 16.1. The summed E-state index contributed by atoms with van der Waals surface area (Å²) in [5, 5.41) is 6.56. The molecule has 0 spiro atoms. The van der Waals surface area contributed by atoms with Gasteiger partial charge in [-0.3, -0.25) is 4.99 Å². The Balaban J connectivity index is 0.00000208. The van der Waals surface area contributed by atoms with Crippen LogP contribution in [0.5, 0.6) is 0 Å². The van der Waals surface area contributed by atoms with Crippen LogP contribution in [0.1, 0.15) is 18.7 Å². The van der Waals surface area contributed by atoms with Gasteiger partial charge in [-0.05, 0) is 18.4 Å². The van der Waals surface area contributed by atoms with Crippen LogP contribution in [0.25, 0.3) is 11.3 Å². The predicted octanol–water partition coefficient (Wildman–Crippen LogP) is 2.54. The Labute approximate surface area is 159 Å². The summed E-state index contributed by atoms with van der Waals surface area (Å²) in [5.74, 6) is 1.64. The summed E-state index contributed by atoms with van der Waals surface area (Å²) in [6, 6.07) is 10.2. The molecule has 0 amide bonds. The van der Waals surface area contributed by atoms with Gasteiger partial charge in [0.1, 0.15) is 5.82 Å². The molecule has 0 aliphatic carbocycles. The summed E-state index contributed by atoms with van der Waals surface area (Å²) in [5.41, 5.74) is 2.15. The van der Waals surface area contributed by atoms with E-state index < -0.39 is 0 Å². The number of nitrogens with zero attached hydrogens (tertiary/aromatic N) is 2. The molecule has 130 valence electrons. The molecule has 0 radical (unpaired) electrons. The lowest BCUT2D eigenvalue weighted by Crippen LogP contribution is -2.40. The molecule has 1 saturated heterocycles. The fraction of sp³-hybridized carbons (Fsp3) is 0.412. The molecule has 3 N–H and O–H groups in total. The van der Waals surface area contributed by atoms with Crippen molar-refractivity contribution in [3.05, 3.63) is 42.4 Å². The van der Waals surface area contributed by atoms with Crippen molar-refractivity contribution < 1.29 is 4.74 Å². The van der Waals surface area contributed by atoms with Crippen molar-refractivity contribution in [1.82, 2.24) is 20.6 Å². The standard InChI is InChI=1S/C17H23N5O.HI/c1-18-17(20-10-14-8-5-9-23-14)21-12-16-19-11-15(22-16)13-6-3-2-4-7-13;/h2-4,6-7,11,14H,5,8-10,12H2,1H3,(H,19,22)(H2,18,20,21);1H. The van der Waals surface area contributed by atoms with Crippen molar-refractivity contribution in [3.63, 3.8) is 0 Å². The molecule has 1 aromatic carbocycles.